The van der Waals surface area contributed by atoms with Gasteiger partial charge < -0.3 is 14.6 Å². The summed E-state index contributed by atoms with van der Waals surface area (Å²) < 4.78 is 21.2. The zero-order valence-electron chi connectivity index (χ0n) is 18.2. The van der Waals surface area contributed by atoms with Crippen LogP contribution in [-0.2, 0) is 11.2 Å². The minimum atomic E-state index is -0.300. The maximum Gasteiger partial charge on any atom is 0.274 e. The molecule has 1 fully saturated rings. The number of nitrogens with one attached hydrogen (secondary N) is 1. The molecule has 2 aromatic carbocycles. The number of ether oxygens (including phenoxy) is 1. The number of hydrogen-bond donors (Lipinski definition) is 1. The molecular formula is C25H23FN4O3. The molecule has 0 radical (unpaired) electrons. The molecule has 2 aliphatic heterocycles. The van der Waals surface area contributed by atoms with Crippen LogP contribution in [0.25, 0.3) is 16.6 Å². The zero-order valence-corrected chi connectivity index (χ0v) is 18.2. The molecule has 0 spiro atoms. The van der Waals surface area contributed by atoms with Crippen molar-refractivity contribution in [3.63, 3.8) is 0 Å². The van der Waals surface area contributed by atoms with E-state index in [0.29, 0.717) is 36.2 Å². The number of amides is 1. The Kier molecular flexibility index (Phi) is 4.58. The molecule has 4 heterocycles. The fourth-order valence-corrected chi connectivity index (χ4v) is 5.13. The molecule has 4 aromatic rings. The van der Waals surface area contributed by atoms with Crippen molar-refractivity contribution >= 4 is 28.1 Å². The van der Waals surface area contributed by atoms with Crippen molar-refractivity contribution in [3.8, 4) is 0 Å². The predicted molar refractivity (Wildman–Crippen MR) is 123 cm³/mol. The van der Waals surface area contributed by atoms with Crippen LogP contribution in [0.3, 0.4) is 0 Å². The first-order valence-corrected chi connectivity index (χ1v) is 11.2. The summed E-state index contributed by atoms with van der Waals surface area (Å²) in [7, 11) is 0. The van der Waals surface area contributed by atoms with Crippen molar-refractivity contribution in [2.24, 2.45) is 0 Å². The minimum absolute atomic E-state index is 0.120. The van der Waals surface area contributed by atoms with Gasteiger partial charge in [0.05, 0.1) is 23.8 Å². The van der Waals surface area contributed by atoms with Crippen molar-refractivity contribution in [2.45, 2.75) is 32.1 Å². The van der Waals surface area contributed by atoms with Crippen LogP contribution in [0, 0.1) is 12.7 Å². The summed E-state index contributed by atoms with van der Waals surface area (Å²) in [4.78, 5) is 35.5. The van der Waals surface area contributed by atoms with E-state index in [0.717, 1.165) is 47.6 Å². The van der Waals surface area contributed by atoms with Crippen LogP contribution in [0.4, 0.5) is 10.1 Å². The highest BCUT2D eigenvalue weighted by Crippen LogP contribution is 2.32. The first-order valence-electron chi connectivity index (χ1n) is 11.2. The number of nitrogens with zero attached hydrogens (tertiary/aromatic N) is 3. The molecule has 1 saturated heterocycles. The number of anilines is 1. The van der Waals surface area contributed by atoms with Gasteiger partial charge in [-0.1, -0.05) is 0 Å². The fraction of sp³-hybridized carbons (Fsp3) is 0.320. The van der Waals surface area contributed by atoms with Gasteiger partial charge in [-0.15, -0.1) is 0 Å². The van der Waals surface area contributed by atoms with Gasteiger partial charge in [-0.25, -0.2) is 9.37 Å². The lowest BCUT2D eigenvalue weighted by Crippen LogP contribution is -2.29. The van der Waals surface area contributed by atoms with Gasteiger partial charge in [-0.3, -0.25) is 14.0 Å². The molecule has 1 amide bonds. The van der Waals surface area contributed by atoms with E-state index in [1.165, 1.54) is 12.1 Å². The van der Waals surface area contributed by atoms with Crippen LogP contribution in [-0.4, -0.2) is 40.0 Å². The topological polar surface area (TPSA) is 79.7 Å². The van der Waals surface area contributed by atoms with Crippen LogP contribution in [0.2, 0.25) is 0 Å². The van der Waals surface area contributed by atoms with E-state index in [9.17, 15) is 14.0 Å². The van der Waals surface area contributed by atoms with E-state index in [2.05, 4.69) is 9.97 Å². The Balaban J connectivity index is 1.48. The van der Waals surface area contributed by atoms with E-state index in [1.807, 2.05) is 17.4 Å². The van der Waals surface area contributed by atoms with E-state index in [4.69, 9.17) is 4.74 Å². The second-order valence-electron chi connectivity index (χ2n) is 8.87. The van der Waals surface area contributed by atoms with Crippen molar-refractivity contribution in [1.82, 2.24) is 14.4 Å². The Morgan fingerprint density at radius 2 is 2.12 bits per heavy atom. The average Bonchev–Trinajstić information content (AvgIpc) is 3.44. The summed E-state index contributed by atoms with van der Waals surface area (Å²) in [5.74, 6) is 0.474. The Bertz CT molecular complexity index is 1480. The Labute approximate surface area is 188 Å². The maximum atomic E-state index is 13.6. The van der Waals surface area contributed by atoms with Crippen LogP contribution in [0.5, 0.6) is 0 Å². The third kappa shape index (κ3) is 3.16. The summed E-state index contributed by atoms with van der Waals surface area (Å²) in [5.41, 5.74) is 4.50. The molecule has 0 bridgehead atoms. The summed E-state index contributed by atoms with van der Waals surface area (Å²) in [6.07, 6.45) is 4.14. The third-order valence-electron chi connectivity index (χ3n) is 6.79. The number of rotatable bonds is 2. The number of imidazole rings is 1. The minimum Gasteiger partial charge on any atom is -0.381 e. The zero-order chi connectivity index (χ0) is 22.7. The summed E-state index contributed by atoms with van der Waals surface area (Å²) in [6, 6.07) is 8.20. The molecule has 1 N–H and O–H groups in total. The Morgan fingerprint density at radius 1 is 1.24 bits per heavy atom. The molecule has 0 aliphatic carbocycles. The van der Waals surface area contributed by atoms with Crippen molar-refractivity contribution in [3.05, 3.63) is 75.2 Å². The molecular weight excluding hydrogens is 423 g/mol. The molecule has 2 aliphatic rings. The van der Waals surface area contributed by atoms with E-state index >= 15 is 0 Å². The predicted octanol–water partition coefficient (Wildman–Crippen LogP) is 3.72. The number of benzene rings is 2. The second-order valence-corrected chi connectivity index (χ2v) is 8.87. The summed E-state index contributed by atoms with van der Waals surface area (Å²) >= 11 is 0. The number of aromatic nitrogens is 3. The van der Waals surface area contributed by atoms with Crippen LogP contribution < -0.4 is 10.5 Å². The molecule has 7 nitrogen and oxygen atoms in total. The quantitative estimate of drug-likeness (QED) is 0.509. The highest BCUT2D eigenvalue weighted by atomic mass is 19.1. The SMILES string of the molecule is Cc1cc2c(cc1C(=O)N1CCc3cc(F)ccc31)[nH]c(=O)c1cnc(C3CCCOC3)n12. The van der Waals surface area contributed by atoms with Crippen LogP contribution in [0.1, 0.15) is 46.1 Å². The number of H-pyrrole nitrogens is 1. The van der Waals surface area contributed by atoms with Gasteiger partial charge in [0.15, 0.2) is 0 Å². The number of halogens is 1. The van der Waals surface area contributed by atoms with Crippen molar-refractivity contribution < 1.29 is 13.9 Å². The first-order chi connectivity index (χ1) is 16.0. The molecule has 2 aromatic heterocycles. The largest absolute Gasteiger partial charge is 0.381 e. The van der Waals surface area contributed by atoms with E-state index in [1.54, 1.807) is 23.2 Å². The molecule has 168 valence electrons. The lowest BCUT2D eigenvalue weighted by Gasteiger charge is -2.22. The maximum absolute atomic E-state index is 13.6. The Hall–Kier alpha value is -3.52. The molecule has 0 saturated carbocycles. The van der Waals surface area contributed by atoms with Gasteiger partial charge in [0.2, 0.25) is 0 Å². The molecule has 1 unspecified atom stereocenters. The Morgan fingerprint density at radius 3 is 2.94 bits per heavy atom. The van der Waals surface area contributed by atoms with Gasteiger partial charge >= 0.3 is 0 Å². The van der Waals surface area contributed by atoms with Gasteiger partial charge in [-0.05, 0) is 67.6 Å². The summed E-state index contributed by atoms with van der Waals surface area (Å²) in [6.45, 7) is 3.72. The average molecular weight is 446 g/mol. The smallest absolute Gasteiger partial charge is 0.274 e. The summed E-state index contributed by atoms with van der Waals surface area (Å²) in [5, 5.41) is 0. The molecule has 8 heteroatoms. The fourth-order valence-electron chi connectivity index (χ4n) is 5.13. The lowest BCUT2D eigenvalue weighted by atomic mass is 10.0. The van der Waals surface area contributed by atoms with Crippen molar-refractivity contribution in [2.75, 3.05) is 24.7 Å². The number of aromatic amines is 1. The number of fused-ring (bicyclic) bond motifs is 4. The van der Waals surface area contributed by atoms with Gasteiger partial charge in [0, 0.05) is 30.3 Å². The van der Waals surface area contributed by atoms with Crippen molar-refractivity contribution in [1.29, 1.82) is 0 Å². The second kappa shape index (κ2) is 7.52. The monoisotopic (exact) mass is 446 g/mol. The third-order valence-corrected chi connectivity index (χ3v) is 6.79. The normalized spacial score (nSPS) is 18.2. The number of carbonyl (C=O) groups is 1. The molecule has 6 rings (SSSR count). The first kappa shape index (κ1) is 20.1. The van der Waals surface area contributed by atoms with Gasteiger partial charge in [0.1, 0.15) is 17.2 Å². The van der Waals surface area contributed by atoms with E-state index in [-0.39, 0.29) is 23.2 Å². The highest BCUT2D eigenvalue weighted by Gasteiger charge is 2.28. The standard InChI is InChI=1S/C25H23FN4O3/c1-14-9-21-19(11-18(14)25(32)29-7-6-15-10-17(26)4-5-20(15)29)28-24(31)22-12-27-23(30(21)22)16-3-2-8-33-13-16/h4-5,9-12,16H,2-3,6-8,13H2,1H3,(H,28,31). The van der Waals surface area contributed by atoms with Crippen LogP contribution in [0.15, 0.2) is 41.3 Å². The van der Waals surface area contributed by atoms with Gasteiger partial charge in [0.25, 0.3) is 11.5 Å². The lowest BCUT2D eigenvalue weighted by molar-refractivity contribution is 0.0780. The molecule has 33 heavy (non-hydrogen) atoms. The number of carbonyl (C=O) groups excluding carboxylic acids is 1. The number of hydrogen-bond acceptors (Lipinski definition) is 4. The highest BCUT2D eigenvalue weighted by molar-refractivity contribution is 6.09. The van der Waals surface area contributed by atoms with E-state index < -0.39 is 0 Å². The molecule has 1 atom stereocenters. The van der Waals surface area contributed by atoms with Gasteiger partial charge in [-0.2, -0.15) is 0 Å². The number of aryl methyl sites for hydroxylation is 1. The van der Waals surface area contributed by atoms with Crippen LogP contribution >= 0.6 is 0 Å².